The zero-order valence-corrected chi connectivity index (χ0v) is 8.93. The van der Waals surface area contributed by atoms with Crippen LogP contribution in [0.3, 0.4) is 0 Å². The molecule has 1 aliphatic carbocycles. The molecule has 0 saturated heterocycles. The third-order valence-electron chi connectivity index (χ3n) is 3.12. The van der Waals surface area contributed by atoms with E-state index in [1.165, 1.54) is 24.0 Å². The zero-order chi connectivity index (χ0) is 10.0. The summed E-state index contributed by atoms with van der Waals surface area (Å²) < 4.78 is 0. The van der Waals surface area contributed by atoms with E-state index in [0.29, 0.717) is 5.54 Å². The highest BCUT2D eigenvalue weighted by molar-refractivity contribution is 5.32. The summed E-state index contributed by atoms with van der Waals surface area (Å²) in [5, 5.41) is 6.56. The van der Waals surface area contributed by atoms with E-state index in [1.807, 2.05) is 7.05 Å². The molecule has 76 valence electrons. The van der Waals surface area contributed by atoms with Crippen LogP contribution in [0.25, 0.3) is 0 Å². The van der Waals surface area contributed by atoms with E-state index >= 15 is 0 Å². The van der Waals surface area contributed by atoms with Crippen LogP contribution < -0.4 is 10.6 Å². The molecule has 0 amide bonds. The Balaban J connectivity index is 2.14. The first-order valence-corrected chi connectivity index (χ1v) is 5.24. The normalized spacial score (nSPS) is 18.1. The summed E-state index contributed by atoms with van der Waals surface area (Å²) in [7, 11) is 4.03. The SMILES string of the molecule is CNCc1ccc(C2(NC)CC2)cc1. The highest BCUT2D eigenvalue weighted by atomic mass is 15.0. The van der Waals surface area contributed by atoms with Gasteiger partial charge in [0.05, 0.1) is 0 Å². The molecule has 1 aliphatic rings. The molecule has 0 spiro atoms. The Kier molecular flexibility index (Phi) is 2.57. The molecule has 2 N–H and O–H groups in total. The van der Waals surface area contributed by atoms with Crippen molar-refractivity contribution < 1.29 is 0 Å². The van der Waals surface area contributed by atoms with Crippen LogP contribution in [0.15, 0.2) is 24.3 Å². The van der Waals surface area contributed by atoms with Crippen molar-refractivity contribution in [3.8, 4) is 0 Å². The zero-order valence-electron chi connectivity index (χ0n) is 8.93. The van der Waals surface area contributed by atoms with Crippen LogP contribution in [-0.2, 0) is 12.1 Å². The monoisotopic (exact) mass is 190 g/mol. The van der Waals surface area contributed by atoms with E-state index in [2.05, 4.69) is 41.9 Å². The molecule has 0 unspecified atom stereocenters. The molecule has 0 bridgehead atoms. The van der Waals surface area contributed by atoms with Crippen LogP contribution in [0.4, 0.5) is 0 Å². The fourth-order valence-corrected chi connectivity index (χ4v) is 1.95. The van der Waals surface area contributed by atoms with E-state index in [9.17, 15) is 0 Å². The Morgan fingerprint density at radius 3 is 2.21 bits per heavy atom. The van der Waals surface area contributed by atoms with Gasteiger partial charge in [0, 0.05) is 12.1 Å². The van der Waals surface area contributed by atoms with Gasteiger partial charge >= 0.3 is 0 Å². The topological polar surface area (TPSA) is 24.1 Å². The van der Waals surface area contributed by atoms with Crippen LogP contribution in [0.5, 0.6) is 0 Å². The highest BCUT2D eigenvalue weighted by Crippen LogP contribution is 2.44. The molecular weight excluding hydrogens is 172 g/mol. The lowest BCUT2D eigenvalue weighted by Gasteiger charge is -2.14. The molecule has 0 atom stereocenters. The Morgan fingerprint density at radius 2 is 1.79 bits per heavy atom. The molecule has 1 saturated carbocycles. The number of nitrogens with one attached hydrogen (secondary N) is 2. The molecular formula is C12H18N2. The van der Waals surface area contributed by atoms with Crippen LogP contribution in [0.2, 0.25) is 0 Å². The van der Waals surface area contributed by atoms with Crippen LogP contribution in [0, 0.1) is 0 Å². The molecule has 1 aromatic rings. The molecule has 1 aromatic carbocycles. The lowest BCUT2D eigenvalue weighted by molar-refractivity contribution is 0.585. The maximum Gasteiger partial charge on any atom is 0.0433 e. The maximum absolute atomic E-state index is 3.40. The van der Waals surface area contributed by atoms with Gasteiger partial charge in [-0.2, -0.15) is 0 Å². The van der Waals surface area contributed by atoms with Crippen molar-refractivity contribution >= 4 is 0 Å². The molecule has 14 heavy (non-hydrogen) atoms. The van der Waals surface area contributed by atoms with Crippen LogP contribution >= 0.6 is 0 Å². The summed E-state index contributed by atoms with van der Waals surface area (Å²) in [4.78, 5) is 0. The quantitative estimate of drug-likeness (QED) is 0.754. The molecule has 2 nitrogen and oxygen atoms in total. The summed E-state index contributed by atoms with van der Waals surface area (Å²) in [5.74, 6) is 0. The number of hydrogen-bond acceptors (Lipinski definition) is 2. The molecule has 0 radical (unpaired) electrons. The minimum absolute atomic E-state index is 0.304. The van der Waals surface area contributed by atoms with Crippen molar-refractivity contribution in [1.82, 2.24) is 10.6 Å². The molecule has 0 heterocycles. The van der Waals surface area contributed by atoms with Gasteiger partial charge < -0.3 is 10.6 Å². The molecule has 2 heteroatoms. The summed E-state index contributed by atoms with van der Waals surface area (Å²) in [6, 6.07) is 8.92. The predicted octanol–water partition coefficient (Wildman–Crippen LogP) is 1.61. The second-order valence-corrected chi connectivity index (χ2v) is 4.06. The minimum Gasteiger partial charge on any atom is -0.316 e. The molecule has 1 fully saturated rings. The smallest absolute Gasteiger partial charge is 0.0433 e. The predicted molar refractivity (Wildman–Crippen MR) is 59.2 cm³/mol. The average Bonchev–Trinajstić information content (AvgIpc) is 3.00. The van der Waals surface area contributed by atoms with Gasteiger partial charge in [-0.15, -0.1) is 0 Å². The van der Waals surface area contributed by atoms with E-state index < -0.39 is 0 Å². The lowest BCUT2D eigenvalue weighted by Crippen LogP contribution is -2.24. The van der Waals surface area contributed by atoms with Gasteiger partial charge in [-0.3, -0.25) is 0 Å². The Bertz CT molecular complexity index is 299. The van der Waals surface area contributed by atoms with E-state index in [1.54, 1.807) is 0 Å². The number of hydrogen-bond donors (Lipinski definition) is 2. The van der Waals surface area contributed by atoms with Gasteiger partial charge in [0.25, 0.3) is 0 Å². The largest absolute Gasteiger partial charge is 0.316 e. The van der Waals surface area contributed by atoms with E-state index in [0.717, 1.165) is 6.54 Å². The van der Waals surface area contributed by atoms with Crippen molar-refractivity contribution in [1.29, 1.82) is 0 Å². The fraction of sp³-hybridized carbons (Fsp3) is 0.500. The van der Waals surface area contributed by atoms with Crippen molar-refractivity contribution in [2.45, 2.75) is 24.9 Å². The third-order valence-corrected chi connectivity index (χ3v) is 3.12. The van der Waals surface area contributed by atoms with Gasteiger partial charge in [-0.1, -0.05) is 24.3 Å². The van der Waals surface area contributed by atoms with Crippen molar-refractivity contribution in [2.24, 2.45) is 0 Å². The first-order valence-electron chi connectivity index (χ1n) is 5.24. The van der Waals surface area contributed by atoms with Crippen molar-refractivity contribution in [2.75, 3.05) is 14.1 Å². The number of benzene rings is 1. The van der Waals surface area contributed by atoms with Gasteiger partial charge in [-0.25, -0.2) is 0 Å². The summed E-state index contributed by atoms with van der Waals surface area (Å²) in [6.45, 7) is 0.951. The van der Waals surface area contributed by atoms with Crippen LogP contribution in [0.1, 0.15) is 24.0 Å². The summed E-state index contributed by atoms with van der Waals surface area (Å²) in [6.07, 6.45) is 2.55. The first kappa shape index (κ1) is 9.69. The molecule has 2 rings (SSSR count). The van der Waals surface area contributed by atoms with E-state index in [4.69, 9.17) is 0 Å². The van der Waals surface area contributed by atoms with Crippen molar-refractivity contribution in [3.05, 3.63) is 35.4 Å². The fourth-order valence-electron chi connectivity index (χ4n) is 1.95. The second-order valence-electron chi connectivity index (χ2n) is 4.06. The number of rotatable bonds is 4. The maximum atomic E-state index is 3.40. The molecule has 0 aromatic heterocycles. The standard InChI is InChI=1S/C12H18N2/c1-13-9-10-3-5-11(6-4-10)12(14-2)7-8-12/h3-6,13-14H,7-9H2,1-2H3. The third kappa shape index (κ3) is 1.68. The average molecular weight is 190 g/mol. The first-order chi connectivity index (χ1) is 6.80. The minimum atomic E-state index is 0.304. The Hall–Kier alpha value is -0.860. The van der Waals surface area contributed by atoms with E-state index in [-0.39, 0.29) is 0 Å². The van der Waals surface area contributed by atoms with Gasteiger partial charge in [-0.05, 0) is 38.1 Å². The molecule has 0 aliphatic heterocycles. The second kappa shape index (κ2) is 3.71. The van der Waals surface area contributed by atoms with Gasteiger partial charge in [0.2, 0.25) is 0 Å². The highest BCUT2D eigenvalue weighted by Gasteiger charge is 2.42. The Labute approximate surface area is 85.7 Å². The summed E-state index contributed by atoms with van der Waals surface area (Å²) in [5.41, 5.74) is 3.08. The van der Waals surface area contributed by atoms with Crippen LogP contribution in [-0.4, -0.2) is 14.1 Å². The summed E-state index contributed by atoms with van der Waals surface area (Å²) >= 11 is 0. The van der Waals surface area contributed by atoms with Gasteiger partial charge in [0.15, 0.2) is 0 Å². The Morgan fingerprint density at radius 1 is 1.14 bits per heavy atom. The van der Waals surface area contributed by atoms with Gasteiger partial charge in [0.1, 0.15) is 0 Å². The lowest BCUT2D eigenvalue weighted by atomic mass is 10.0. The van der Waals surface area contributed by atoms with Crippen molar-refractivity contribution in [3.63, 3.8) is 0 Å².